The van der Waals surface area contributed by atoms with Gasteiger partial charge in [-0.2, -0.15) is 0 Å². The Hall–Kier alpha value is -1.88. The Kier molecular flexibility index (Phi) is 5.70. The fraction of sp³-hybridized carbons (Fsp3) is 0.467. The summed E-state index contributed by atoms with van der Waals surface area (Å²) in [4.78, 5) is 22.7. The predicted molar refractivity (Wildman–Crippen MR) is 74.6 cm³/mol. The maximum Gasteiger partial charge on any atom is 0.323 e. The van der Waals surface area contributed by atoms with Gasteiger partial charge in [0.25, 0.3) is 0 Å². The second-order valence-corrected chi connectivity index (χ2v) is 5.34. The average molecular weight is 279 g/mol. The molecular formula is C15H21NO4. The molecule has 0 aliphatic rings. The number of hydrogen-bond acceptors (Lipinski definition) is 5. The summed E-state index contributed by atoms with van der Waals surface area (Å²) >= 11 is 0. The highest BCUT2D eigenvalue weighted by molar-refractivity contribution is 5.76. The Balaban J connectivity index is 2.51. The molecule has 5 heteroatoms. The van der Waals surface area contributed by atoms with Gasteiger partial charge < -0.3 is 15.2 Å². The van der Waals surface area contributed by atoms with Crippen molar-refractivity contribution in [3.8, 4) is 0 Å². The molecule has 2 N–H and O–H groups in total. The number of carbonyl (C=O) groups is 2. The molecule has 1 aromatic rings. The Labute approximate surface area is 119 Å². The smallest absolute Gasteiger partial charge is 0.323 e. The lowest BCUT2D eigenvalue weighted by Gasteiger charge is -2.29. The van der Waals surface area contributed by atoms with Crippen LogP contribution in [-0.2, 0) is 25.7 Å². The zero-order valence-electron chi connectivity index (χ0n) is 12.1. The minimum atomic E-state index is -0.856. The Morgan fingerprint density at radius 1 is 1.20 bits per heavy atom. The normalized spacial score (nSPS) is 12.6. The quantitative estimate of drug-likeness (QED) is 0.801. The molecule has 110 valence electrons. The molecule has 0 radical (unpaired) electrons. The monoisotopic (exact) mass is 279 g/mol. The zero-order chi connectivity index (χ0) is 15.2. The molecule has 20 heavy (non-hydrogen) atoms. The number of rotatable bonds is 6. The van der Waals surface area contributed by atoms with Crippen LogP contribution in [0, 0.1) is 5.41 Å². The van der Waals surface area contributed by atoms with Gasteiger partial charge >= 0.3 is 11.9 Å². The first-order valence-corrected chi connectivity index (χ1v) is 6.42. The highest BCUT2D eigenvalue weighted by atomic mass is 16.5. The number of benzene rings is 1. The Bertz CT molecular complexity index is 456. The first-order chi connectivity index (χ1) is 9.33. The molecule has 0 heterocycles. The first kappa shape index (κ1) is 16.2. The fourth-order valence-corrected chi connectivity index (χ4v) is 1.51. The summed E-state index contributed by atoms with van der Waals surface area (Å²) < 4.78 is 10.1. The molecule has 0 spiro atoms. The third-order valence-electron chi connectivity index (χ3n) is 2.97. The van der Waals surface area contributed by atoms with Crippen molar-refractivity contribution in [2.45, 2.75) is 33.4 Å². The van der Waals surface area contributed by atoms with E-state index in [0.29, 0.717) is 0 Å². The molecule has 0 saturated carbocycles. The topological polar surface area (TPSA) is 78.6 Å². The molecule has 1 rings (SSSR count). The van der Waals surface area contributed by atoms with Crippen LogP contribution < -0.4 is 5.73 Å². The third-order valence-corrected chi connectivity index (χ3v) is 2.97. The van der Waals surface area contributed by atoms with E-state index in [4.69, 9.17) is 15.2 Å². The number of nitrogens with two attached hydrogens (primary N) is 1. The fourth-order valence-electron chi connectivity index (χ4n) is 1.51. The molecule has 0 saturated heterocycles. The molecule has 0 aliphatic carbocycles. The van der Waals surface area contributed by atoms with Crippen molar-refractivity contribution >= 4 is 11.9 Å². The van der Waals surface area contributed by atoms with E-state index in [0.717, 1.165) is 5.56 Å². The lowest BCUT2D eigenvalue weighted by Crippen LogP contribution is -2.47. The van der Waals surface area contributed by atoms with Crippen LogP contribution in [0.15, 0.2) is 30.3 Å². The number of carbonyl (C=O) groups excluding carboxylic acids is 2. The van der Waals surface area contributed by atoms with Crippen LogP contribution in [0.5, 0.6) is 0 Å². The van der Waals surface area contributed by atoms with Crippen LogP contribution in [0.2, 0.25) is 0 Å². The third kappa shape index (κ3) is 5.01. The largest absolute Gasteiger partial charge is 0.465 e. The van der Waals surface area contributed by atoms with E-state index >= 15 is 0 Å². The highest BCUT2D eigenvalue weighted by Crippen LogP contribution is 2.21. The molecule has 0 bridgehead atoms. The summed E-state index contributed by atoms with van der Waals surface area (Å²) in [6.45, 7) is 5.07. The zero-order valence-corrected chi connectivity index (χ0v) is 12.1. The SMILES string of the molecule is CC(=O)OCC(C)(C)[C@H](N)C(=O)OCc1ccccc1. The lowest BCUT2D eigenvalue weighted by atomic mass is 9.86. The van der Waals surface area contributed by atoms with Gasteiger partial charge in [-0.3, -0.25) is 9.59 Å². The van der Waals surface area contributed by atoms with Crippen molar-refractivity contribution < 1.29 is 19.1 Å². The number of esters is 2. The Morgan fingerprint density at radius 2 is 1.80 bits per heavy atom. The van der Waals surface area contributed by atoms with Crippen molar-refractivity contribution in [3.63, 3.8) is 0 Å². The van der Waals surface area contributed by atoms with Gasteiger partial charge in [-0.05, 0) is 5.56 Å². The lowest BCUT2D eigenvalue weighted by molar-refractivity contribution is -0.154. The van der Waals surface area contributed by atoms with Gasteiger partial charge in [0.15, 0.2) is 0 Å². The molecule has 1 atom stereocenters. The molecule has 0 fully saturated rings. The van der Waals surface area contributed by atoms with Gasteiger partial charge in [0.2, 0.25) is 0 Å². The van der Waals surface area contributed by atoms with Crippen LogP contribution in [0.3, 0.4) is 0 Å². The molecule has 0 unspecified atom stereocenters. The summed E-state index contributed by atoms with van der Waals surface area (Å²) in [5.74, 6) is -0.908. The van der Waals surface area contributed by atoms with Gasteiger partial charge in [0, 0.05) is 12.3 Å². The van der Waals surface area contributed by atoms with Crippen molar-refractivity contribution in [3.05, 3.63) is 35.9 Å². The van der Waals surface area contributed by atoms with Gasteiger partial charge in [-0.1, -0.05) is 44.2 Å². The molecule has 0 aliphatic heterocycles. The van der Waals surface area contributed by atoms with E-state index in [9.17, 15) is 9.59 Å². The molecule has 5 nitrogen and oxygen atoms in total. The standard InChI is InChI=1S/C15H21NO4/c1-11(17)20-10-15(2,3)13(16)14(18)19-9-12-7-5-4-6-8-12/h4-8,13H,9-10,16H2,1-3H3/t13-/m1/s1. The van der Waals surface area contributed by atoms with E-state index < -0.39 is 23.4 Å². The second kappa shape index (κ2) is 7.05. The van der Waals surface area contributed by atoms with Crippen LogP contribution in [0.25, 0.3) is 0 Å². The molecule has 0 amide bonds. The minimum absolute atomic E-state index is 0.0734. The van der Waals surface area contributed by atoms with E-state index in [2.05, 4.69) is 0 Å². The number of ether oxygens (including phenoxy) is 2. The Morgan fingerprint density at radius 3 is 2.35 bits per heavy atom. The van der Waals surface area contributed by atoms with Crippen LogP contribution in [0.1, 0.15) is 26.3 Å². The van der Waals surface area contributed by atoms with Crippen molar-refractivity contribution in [1.29, 1.82) is 0 Å². The van der Waals surface area contributed by atoms with Gasteiger partial charge in [-0.15, -0.1) is 0 Å². The predicted octanol–water partition coefficient (Wildman–Crippen LogP) is 1.65. The van der Waals surface area contributed by atoms with Crippen LogP contribution in [-0.4, -0.2) is 24.6 Å². The highest BCUT2D eigenvalue weighted by Gasteiger charge is 2.34. The van der Waals surface area contributed by atoms with Crippen molar-refractivity contribution in [1.82, 2.24) is 0 Å². The first-order valence-electron chi connectivity index (χ1n) is 6.42. The molecule has 0 aromatic heterocycles. The molecular weight excluding hydrogens is 258 g/mol. The van der Waals surface area contributed by atoms with Gasteiger partial charge in [-0.25, -0.2) is 0 Å². The maximum atomic E-state index is 11.9. The summed E-state index contributed by atoms with van der Waals surface area (Å²) in [6, 6.07) is 8.50. The van der Waals surface area contributed by atoms with Gasteiger partial charge in [0.1, 0.15) is 12.6 Å². The van der Waals surface area contributed by atoms with Crippen molar-refractivity contribution in [2.75, 3.05) is 6.61 Å². The van der Waals surface area contributed by atoms with E-state index in [1.807, 2.05) is 30.3 Å². The van der Waals surface area contributed by atoms with Crippen LogP contribution in [0.4, 0.5) is 0 Å². The van der Waals surface area contributed by atoms with E-state index in [1.54, 1.807) is 13.8 Å². The molecule has 1 aromatic carbocycles. The maximum absolute atomic E-state index is 11.9. The minimum Gasteiger partial charge on any atom is -0.465 e. The summed E-state index contributed by atoms with van der Waals surface area (Å²) in [5.41, 5.74) is 6.09. The summed E-state index contributed by atoms with van der Waals surface area (Å²) in [6.07, 6.45) is 0. The van der Waals surface area contributed by atoms with Crippen LogP contribution >= 0.6 is 0 Å². The summed E-state index contributed by atoms with van der Waals surface area (Å²) in [5, 5.41) is 0. The average Bonchev–Trinajstić information content (AvgIpc) is 2.43. The van der Waals surface area contributed by atoms with E-state index in [1.165, 1.54) is 6.92 Å². The van der Waals surface area contributed by atoms with Gasteiger partial charge in [0.05, 0.1) is 6.61 Å². The summed E-state index contributed by atoms with van der Waals surface area (Å²) in [7, 11) is 0. The second-order valence-electron chi connectivity index (χ2n) is 5.34. The van der Waals surface area contributed by atoms with Crippen molar-refractivity contribution in [2.24, 2.45) is 11.1 Å². The van der Waals surface area contributed by atoms with E-state index in [-0.39, 0.29) is 13.2 Å². The number of hydrogen-bond donors (Lipinski definition) is 1.